The van der Waals surface area contributed by atoms with E-state index in [1.165, 1.54) is 12.1 Å². The van der Waals surface area contributed by atoms with Gasteiger partial charge in [0.15, 0.2) is 0 Å². The molecule has 2 rings (SSSR count). The van der Waals surface area contributed by atoms with Gasteiger partial charge >= 0.3 is 5.97 Å². The van der Waals surface area contributed by atoms with Crippen molar-refractivity contribution in [3.63, 3.8) is 0 Å². The monoisotopic (exact) mass is 341 g/mol. The molecule has 1 unspecified atom stereocenters. The normalized spacial score (nSPS) is 18.8. The first-order valence-corrected chi connectivity index (χ1v) is 9.25. The average molecular weight is 341 g/mol. The number of benzene rings is 1. The molecule has 0 saturated carbocycles. The van der Waals surface area contributed by atoms with Crippen molar-refractivity contribution in [2.45, 2.75) is 50.5 Å². The zero-order valence-electron chi connectivity index (χ0n) is 13.5. The molecular formula is C16H23NO5S. The number of aryl methyl sites for hydroxylation is 1. The van der Waals surface area contributed by atoms with Crippen molar-refractivity contribution >= 4 is 16.0 Å². The fraction of sp³-hybridized carbons (Fsp3) is 0.562. The summed E-state index contributed by atoms with van der Waals surface area (Å²) in [5.41, 5.74) is 1.18. The Morgan fingerprint density at radius 2 is 2.09 bits per heavy atom. The van der Waals surface area contributed by atoms with Gasteiger partial charge < -0.3 is 9.84 Å². The van der Waals surface area contributed by atoms with Gasteiger partial charge in [-0.2, -0.15) is 0 Å². The summed E-state index contributed by atoms with van der Waals surface area (Å²) in [6, 6.07) is 2.69. The second-order valence-corrected chi connectivity index (χ2v) is 7.63. The van der Waals surface area contributed by atoms with Crippen molar-refractivity contribution in [1.82, 2.24) is 4.72 Å². The Hall–Kier alpha value is -1.44. The Morgan fingerprint density at radius 3 is 2.70 bits per heavy atom. The van der Waals surface area contributed by atoms with E-state index >= 15 is 0 Å². The summed E-state index contributed by atoms with van der Waals surface area (Å²) in [6.07, 6.45) is 3.84. The number of ether oxygens (including phenoxy) is 1. The number of rotatable bonds is 6. The van der Waals surface area contributed by atoms with Gasteiger partial charge in [0.2, 0.25) is 10.0 Å². The molecule has 7 heteroatoms. The van der Waals surface area contributed by atoms with Crippen molar-refractivity contribution in [1.29, 1.82) is 0 Å². The molecule has 0 radical (unpaired) electrons. The molecule has 1 saturated heterocycles. The van der Waals surface area contributed by atoms with Crippen LogP contribution < -0.4 is 4.72 Å². The molecule has 6 nitrogen and oxygen atoms in total. The molecule has 1 aliphatic rings. The zero-order chi connectivity index (χ0) is 17.0. The van der Waals surface area contributed by atoms with E-state index < -0.39 is 16.0 Å². The van der Waals surface area contributed by atoms with Crippen molar-refractivity contribution in [2.24, 2.45) is 0 Å². The molecule has 1 aliphatic heterocycles. The predicted octanol–water partition coefficient (Wildman–Crippen LogP) is 2.24. The van der Waals surface area contributed by atoms with Crippen LogP contribution in [0.2, 0.25) is 0 Å². The highest BCUT2D eigenvalue weighted by Crippen LogP contribution is 2.21. The van der Waals surface area contributed by atoms with Gasteiger partial charge in [-0.25, -0.2) is 17.9 Å². The van der Waals surface area contributed by atoms with Crippen LogP contribution in [0.1, 0.15) is 47.2 Å². The molecule has 1 fully saturated rings. The number of hydrogen-bond donors (Lipinski definition) is 2. The number of carboxylic acids is 1. The number of aromatic carboxylic acids is 1. The van der Waals surface area contributed by atoms with E-state index in [1.54, 1.807) is 13.8 Å². The molecule has 1 aromatic carbocycles. The number of carbonyl (C=O) groups is 1. The van der Waals surface area contributed by atoms with E-state index in [9.17, 15) is 13.2 Å². The molecule has 1 atom stereocenters. The first-order valence-electron chi connectivity index (χ1n) is 7.77. The Morgan fingerprint density at radius 1 is 1.35 bits per heavy atom. The fourth-order valence-corrected chi connectivity index (χ4v) is 4.08. The van der Waals surface area contributed by atoms with E-state index in [4.69, 9.17) is 9.84 Å². The largest absolute Gasteiger partial charge is 0.478 e. The third-order valence-corrected chi connectivity index (χ3v) is 5.78. The molecule has 1 heterocycles. The molecule has 23 heavy (non-hydrogen) atoms. The topological polar surface area (TPSA) is 92.7 Å². The van der Waals surface area contributed by atoms with Gasteiger partial charge in [0.05, 0.1) is 16.6 Å². The third-order valence-electron chi connectivity index (χ3n) is 4.19. The number of sulfonamides is 1. The summed E-state index contributed by atoms with van der Waals surface area (Å²) in [6.45, 7) is 4.40. The summed E-state index contributed by atoms with van der Waals surface area (Å²) in [5.74, 6) is -1.14. The van der Waals surface area contributed by atoms with Crippen LogP contribution in [0, 0.1) is 13.8 Å². The van der Waals surface area contributed by atoms with Gasteiger partial charge in [0, 0.05) is 13.2 Å². The van der Waals surface area contributed by atoms with Crippen LogP contribution in [0.5, 0.6) is 0 Å². The maximum Gasteiger partial charge on any atom is 0.335 e. The molecule has 0 aromatic heterocycles. The highest BCUT2D eigenvalue weighted by atomic mass is 32.2. The summed E-state index contributed by atoms with van der Waals surface area (Å²) >= 11 is 0. The quantitative estimate of drug-likeness (QED) is 0.828. The lowest BCUT2D eigenvalue weighted by Crippen LogP contribution is -2.30. The highest BCUT2D eigenvalue weighted by molar-refractivity contribution is 7.89. The van der Waals surface area contributed by atoms with Crippen molar-refractivity contribution in [2.75, 3.05) is 13.2 Å². The van der Waals surface area contributed by atoms with Crippen molar-refractivity contribution in [3.8, 4) is 0 Å². The van der Waals surface area contributed by atoms with E-state index in [0.29, 0.717) is 17.5 Å². The number of hydrogen-bond acceptors (Lipinski definition) is 4. The molecule has 0 bridgehead atoms. The van der Waals surface area contributed by atoms with Gasteiger partial charge in [0.25, 0.3) is 0 Å². The van der Waals surface area contributed by atoms with Gasteiger partial charge in [-0.05, 0) is 62.8 Å². The number of nitrogens with one attached hydrogen (secondary N) is 1. The van der Waals surface area contributed by atoms with Crippen LogP contribution in [0.25, 0.3) is 0 Å². The highest BCUT2D eigenvalue weighted by Gasteiger charge is 2.21. The minimum absolute atomic E-state index is 0.0240. The van der Waals surface area contributed by atoms with Gasteiger partial charge in [0.1, 0.15) is 0 Å². The third kappa shape index (κ3) is 4.53. The predicted molar refractivity (Wildman–Crippen MR) is 86.3 cm³/mol. The molecule has 0 spiro atoms. The van der Waals surface area contributed by atoms with Crippen molar-refractivity contribution < 1.29 is 23.1 Å². The van der Waals surface area contributed by atoms with E-state index in [1.807, 2.05) is 0 Å². The first kappa shape index (κ1) is 17.9. The maximum absolute atomic E-state index is 12.5. The number of carboxylic acid groups (broad SMARTS) is 1. The Labute approximate surface area is 136 Å². The lowest BCUT2D eigenvalue weighted by Gasteiger charge is -2.22. The van der Waals surface area contributed by atoms with Gasteiger partial charge in [-0.3, -0.25) is 0 Å². The minimum Gasteiger partial charge on any atom is -0.478 e. The Balaban J connectivity index is 2.10. The first-order chi connectivity index (χ1) is 10.8. The molecule has 0 amide bonds. The Kier molecular flexibility index (Phi) is 5.78. The molecule has 1 aromatic rings. The van der Waals surface area contributed by atoms with E-state index in [-0.39, 0.29) is 23.1 Å². The van der Waals surface area contributed by atoms with E-state index in [2.05, 4.69) is 4.72 Å². The maximum atomic E-state index is 12.5. The average Bonchev–Trinajstić information content (AvgIpc) is 2.50. The molecular weight excluding hydrogens is 318 g/mol. The smallest absolute Gasteiger partial charge is 0.335 e. The van der Waals surface area contributed by atoms with Crippen LogP contribution in [-0.2, 0) is 14.8 Å². The van der Waals surface area contributed by atoms with Crippen molar-refractivity contribution in [3.05, 3.63) is 28.8 Å². The van der Waals surface area contributed by atoms with Crippen LogP contribution in [-0.4, -0.2) is 38.7 Å². The summed E-state index contributed by atoms with van der Waals surface area (Å²) in [7, 11) is -3.74. The summed E-state index contributed by atoms with van der Waals surface area (Å²) < 4.78 is 33.1. The van der Waals surface area contributed by atoms with Crippen LogP contribution in [0.15, 0.2) is 17.0 Å². The fourth-order valence-electron chi connectivity index (χ4n) is 2.70. The summed E-state index contributed by atoms with van der Waals surface area (Å²) in [5, 5.41) is 9.10. The molecule has 128 valence electrons. The minimum atomic E-state index is -3.74. The Bertz CT molecular complexity index is 678. The second-order valence-electron chi connectivity index (χ2n) is 5.90. The lowest BCUT2D eigenvalue weighted by atomic mass is 10.1. The molecule has 2 N–H and O–H groups in total. The van der Waals surface area contributed by atoms with Gasteiger partial charge in [-0.15, -0.1) is 0 Å². The van der Waals surface area contributed by atoms with E-state index in [0.717, 1.165) is 25.9 Å². The van der Waals surface area contributed by atoms with Crippen LogP contribution >= 0.6 is 0 Å². The zero-order valence-corrected chi connectivity index (χ0v) is 14.3. The van der Waals surface area contributed by atoms with Gasteiger partial charge in [-0.1, -0.05) is 0 Å². The SMILES string of the molecule is Cc1cc(C(=O)O)cc(S(=O)(=O)NCCC2CCCCO2)c1C. The lowest BCUT2D eigenvalue weighted by molar-refractivity contribution is 0.0123. The summed E-state index contributed by atoms with van der Waals surface area (Å²) in [4.78, 5) is 11.2. The van der Waals surface area contributed by atoms with Crippen LogP contribution in [0.3, 0.4) is 0 Å². The standard InChI is InChI=1S/C16H23NO5S/c1-11-9-13(16(18)19)10-15(12(11)2)23(20,21)17-7-6-14-5-3-4-8-22-14/h9-10,14,17H,3-8H2,1-2H3,(H,18,19). The van der Waals surface area contributed by atoms with Crippen LogP contribution in [0.4, 0.5) is 0 Å². The second kappa shape index (κ2) is 7.42. The molecule has 0 aliphatic carbocycles.